The number of benzene rings is 1. The van der Waals surface area contributed by atoms with E-state index in [1.165, 1.54) is 18.2 Å². The molecule has 1 aromatic rings. The van der Waals surface area contributed by atoms with Crippen LogP contribution >= 0.6 is 11.6 Å². The first kappa shape index (κ1) is 11.0. The fourth-order valence-electron chi connectivity index (χ4n) is 0.866. The van der Waals surface area contributed by atoms with Crippen LogP contribution in [0.1, 0.15) is 5.56 Å². The number of carboxylic acid groups (broad SMARTS) is 1. The molecule has 0 fully saturated rings. The van der Waals surface area contributed by atoms with Gasteiger partial charge in [-0.2, -0.15) is 5.26 Å². The van der Waals surface area contributed by atoms with Gasteiger partial charge in [-0.1, -0.05) is 11.6 Å². The third-order valence-corrected chi connectivity index (χ3v) is 1.87. The third-order valence-electron chi connectivity index (χ3n) is 1.54. The van der Waals surface area contributed by atoms with Crippen LogP contribution in [-0.2, 0) is 9.59 Å². The lowest BCUT2D eigenvalue weighted by molar-refractivity contribution is -0.147. The summed E-state index contributed by atoms with van der Waals surface area (Å²) in [5.41, 5.74) is 0.378. The fraction of sp³-hybridized carbons (Fsp3) is 0. The van der Waals surface area contributed by atoms with Crippen LogP contribution in [-0.4, -0.2) is 17.0 Å². The summed E-state index contributed by atoms with van der Waals surface area (Å²) in [6.07, 6.45) is 0. The van der Waals surface area contributed by atoms with Crippen molar-refractivity contribution in [2.75, 3.05) is 5.32 Å². The minimum atomic E-state index is -1.62. The number of hydrogen-bond acceptors (Lipinski definition) is 3. The van der Waals surface area contributed by atoms with E-state index in [0.29, 0.717) is 0 Å². The van der Waals surface area contributed by atoms with E-state index in [9.17, 15) is 9.59 Å². The zero-order valence-corrected chi connectivity index (χ0v) is 8.08. The predicted molar refractivity (Wildman–Crippen MR) is 52.4 cm³/mol. The number of nitriles is 1. The van der Waals surface area contributed by atoms with Crippen LogP contribution in [0.15, 0.2) is 18.2 Å². The molecule has 0 heterocycles. The Morgan fingerprint density at radius 2 is 2.13 bits per heavy atom. The van der Waals surface area contributed by atoms with Gasteiger partial charge < -0.3 is 10.4 Å². The number of halogens is 1. The molecule has 0 aliphatic carbocycles. The molecule has 0 atom stereocenters. The molecule has 0 aliphatic rings. The predicted octanol–water partition coefficient (Wildman–Crippen LogP) is 1.23. The van der Waals surface area contributed by atoms with Crippen LogP contribution in [0.4, 0.5) is 5.69 Å². The Morgan fingerprint density at radius 3 is 2.67 bits per heavy atom. The van der Waals surface area contributed by atoms with Crippen molar-refractivity contribution in [3.05, 3.63) is 28.8 Å². The maximum Gasteiger partial charge on any atom is 0.394 e. The average Bonchev–Trinajstić information content (AvgIpc) is 2.21. The van der Waals surface area contributed by atoms with Crippen molar-refractivity contribution in [3.63, 3.8) is 0 Å². The summed E-state index contributed by atoms with van der Waals surface area (Å²) >= 11 is 5.68. The zero-order valence-electron chi connectivity index (χ0n) is 7.32. The summed E-state index contributed by atoms with van der Waals surface area (Å²) in [4.78, 5) is 21.1. The molecule has 0 bridgehead atoms. The molecule has 0 unspecified atom stereocenters. The standard InChI is InChI=1S/C9H5ClN2O3/c10-6-2-1-5(4-11)3-7(6)12-8(13)9(14)15/h1-3H,(H,12,13)(H,14,15). The van der Waals surface area contributed by atoms with Crippen molar-refractivity contribution in [1.29, 1.82) is 5.26 Å². The third kappa shape index (κ3) is 2.69. The molecule has 1 aromatic carbocycles. The maximum atomic E-state index is 10.8. The average molecular weight is 225 g/mol. The molecule has 15 heavy (non-hydrogen) atoms. The molecule has 0 aromatic heterocycles. The zero-order chi connectivity index (χ0) is 11.4. The Kier molecular flexibility index (Phi) is 3.26. The number of amides is 1. The molecule has 1 amide bonds. The van der Waals surface area contributed by atoms with Crippen molar-refractivity contribution in [3.8, 4) is 6.07 Å². The molecule has 1 rings (SSSR count). The highest BCUT2D eigenvalue weighted by molar-refractivity contribution is 6.39. The van der Waals surface area contributed by atoms with Crippen molar-refractivity contribution in [2.45, 2.75) is 0 Å². The summed E-state index contributed by atoms with van der Waals surface area (Å²) < 4.78 is 0. The second kappa shape index (κ2) is 4.44. The Balaban J connectivity index is 2.99. The summed E-state index contributed by atoms with van der Waals surface area (Å²) in [6.45, 7) is 0. The van der Waals surface area contributed by atoms with E-state index in [4.69, 9.17) is 22.0 Å². The van der Waals surface area contributed by atoms with E-state index in [2.05, 4.69) is 5.32 Å². The number of nitrogens with zero attached hydrogens (tertiary/aromatic N) is 1. The Morgan fingerprint density at radius 1 is 1.47 bits per heavy atom. The van der Waals surface area contributed by atoms with Crippen LogP contribution < -0.4 is 5.32 Å². The number of hydrogen-bond donors (Lipinski definition) is 2. The molecule has 0 saturated carbocycles. The highest BCUT2D eigenvalue weighted by atomic mass is 35.5. The van der Waals surface area contributed by atoms with E-state index in [-0.39, 0.29) is 16.3 Å². The van der Waals surface area contributed by atoms with Gasteiger partial charge in [0.1, 0.15) is 0 Å². The number of anilines is 1. The van der Waals surface area contributed by atoms with Crippen LogP contribution in [0.2, 0.25) is 5.02 Å². The van der Waals surface area contributed by atoms with Crippen LogP contribution in [0.3, 0.4) is 0 Å². The summed E-state index contributed by atoms with van der Waals surface area (Å²) in [7, 11) is 0. The molecule has 2 N–H and O–H groups in total. The summed E-state index contributed by atoms with van der Waals surface area (Å²) in [5.74, 6) is -2.82. The molecule has 0 spiro atoms. The molecule has 6 heteroatoms. The van der Waals surface area contributed by atoms with E-state index in [1.807, 2.05) is 6.07 Å². The lowest BCUT2D eigenvalue weighted by Gasteiger charge is -2.04. The van der Waals surface area contributed by atoms with Crippen molar-refractivity contribution in [2.24, 2.45) is 0 Å². The number of aliphatic carboxylic acids is 1. The number of carboxylic acids is 1. The Hall–Kier alpha value is -2.06. The van der Waals surface area contributed by atoms with E-state index in [1.54, 1.807) is 0 Å². The van der Waals surface area contributed by atoms with Gasteiger partial charge in [-0.25, -0.2) is 4.79 Å². The van der Waals surface area contributed by atoms with Crippen LogP contribution in [0.25, 0.3) is 0 Å². The maximum absolute atomic E-state index is 10.8. The Bertz CT molecular complexity index is 465. The van der Waals surface area contributed by atoms with Gasteiger partial charge in [0.05, 0.1) is 22.3 Å². The first-order valence-electron chi connectivity index (χ1n) is 3.78. The lowest BCUT2D eigenvalue weighted by atomic mass is 10.2. The molecule has 5 nitrogen and oxygen atoms in total. The summed E-state index contributed by atoms with van der Waals surface area (Å²) in [6, 6.07) is 5.99. The van der Waals surface area contributed by atoms with Gasteiger partial charge in [0.25, 0.3) is 0 Å². The van der Waals surface area contributed by atoms with Gasteiger partial charge in [0.15, 0.2) is 0 Å². The van der Waals surface area contributed by atoms with Gasteiger partial charge in [-0.3, -0.25) is 4.79 Å². The number of carbonyl (C=O) groups excluding carboxylic acids is 1. The van der Waals surface area contributed by atoms with Crippen molar-refractivity contribution in [1.82, 2.24) is 0 Å². The van der Waals surface area contributed by atoms with E-state index in [0.717, 1.165) is 0 Å². The van der Waals surface area contributed by atoms with Gasteiger partial charge in [0, 0.05) is 0 Å². The minimum Gasteiger partial charge on any atom is -0.474 e. The lowest BCUT2D eigenvalue weighted by Crippen LogP contribution is -2.22. The highest BCUT2D eigenvalue weighted by Crippen LogP contribution is 2.22. The van der Waals surface area contributed by atoms with Crippen molar-refractivity contribution < 1.29 is 14.7 Å². The SMILES string of the molecule is N#Cc1ccc(Cl)c(NC(=O)C(=O)O)c1. The molecule has 0 saturated heterocycles. The molecule has 76 valence electrons. The smallest absolute Gasteiger partial charge is 0.394 e. The fourth-order valence-corrected chi connectivity index (χ4v) is 1.03. The second-order valence-corrected chi connectivity index (χ2v) is 2.97. The quantitative estimate of drug-likeness (QED) is 0.702. The van der Waals surface area contributed by atoms with Gasteiger partial charge in [-0.15, -0.1) is 0 Å². The number of nitrogens with one attached hydrogen (secondary N) is 1. The normalized spacial score (nSPS) is 9.07. The molecule has 0 aliphatic heterocycles. The van der Waals surface area contributed by atoms with E-state index >= 15 is 0 Å². The first-order chi connectivity index (χ1) is 7.04. The minimum absolute atomic E-state index is 0.100. The van der Waals surface area contributed by atoms with Crippen molar-refractivity contribution >= 4 is 29.2 Å². The van der Waals surface area contributed by atoms with Gasteiger partial charge in [-0.05, 0) is 18.2 Å². The van der Waals surface area contributed by atoms with Crippen LogP contribution in [0.5, 0.6) is 0 Å². The monoisotopic (exact) mass is 224 g/mol. The number of carbonyl (C=O) groups is 2. The largest absolute Gasteiger partial charge is 0.474 e. The van der Waals surface area contributed by atoms with Crippen LogP contribution in [0, 0.1) is 11.3 Å². The second-order valence-electron chi connectivity index (χ2n) is 2.57. The molecular weight excluding hydrogens is 220 g/mol. The topological polar surface area (TPSA) is 90.2 Å². The molecular formula is C9H5ClN2O3. The first-order valence-corrected chi connectivity index (χ1v) is 4.16. The highest BCUT2D eigenvalue weighted by Gasteiger charge is 2.13. The van der Waals surface area contributed by atoms with Gasteiger partial charge >= 0.3 is 11.9 Å². The Labute approximate surface area is 89.9 Å². The van der Waals surface area contributed by atoms with Gasteiger partial charge in [0.2, 0.25) is 0 Å². The number of rotatable bonds is 1. The summed E-state index contributed by atoms with van der Waals surface area (Å²) in [5, 5.41) is 19.1. The molecule has 0 radical (unpaired) electrons. The van der Waals surface area contributed by atoms with E-state index < -0.39 is 11.9 Å².